The van der Waals surface area contributed by atoms with Crippen LogP contribution in [0.1, 0.15) is 51.7 Å². The molecule has 0 aliphatic carbocycles. The van der Waals surface area contributed by atoms with Crippen molar-refractivity contribution in [1.29, 1.82) is 0 Å². The summed E-state index contributed by atoms with van der Waals surface area (Å²) in [5, 5.41) is 6.05. The summed E-state index contributed by atoms with van der Waals surface area (Å²) in [6.45, 7) is 8.40. The van der Waals surface area contributed by atoms with E-state index in [1.165, 1.54) is 11.1 Å². The summed E-state index contributed by atoms with van der Waals surface area (Å²) in [6, 6.07) is 6.36. The Bertz CT molecular complexity index is 389. The summed E-state index contributed by atoms with van der Waals surface area (Å²) < 4.78 is 0. The average molecular weight is 262 g/mol. The number of amides is 2. The molecule has 0 aliphatic heterocycles. The number of carbonyl (C=O) groups is 1. The van der Waals surface area contributed by atoms with Crippen LogP contribution in [0.5, 0.6) is 0 Å². The molecule has 1 rings (SSSR count). The summed E-state index contributed by atoms with van der Waals surface area (Å²) in [4.78, 5) is 12.1. The Balaban J connectivity index is 2.83. The molecule has 2 amide bonds. The summed E-state index contributed by atoms with van der Waals surface area (Å²) in [5.41, 5.74) is 3.37. The predicted octanol–water partition coefficient (Wildman–Crippen LogP) is 4.12. The summed E-state index contributed by atoms with van der Waals surface area (Å²) >= 11 is 0. The molecule has 3 heteroatoms. The van der Waals surface area contributed by atoms with Crippen LogP contribution in [0, 0.1) is 0 Å². The predicted molar refractivity (Wildman–Crippen MR) is 81.7 cm³/mol. The zero-order valence-corrected chi connectivity index (χ0v) is 12.5. The zero-order chi connectivity index (χ0) is 14.3. The van der Waals surface area contributed by atoms with Crippen LogP contribution in [0.25, 0.3) is 0 Å². The SMILES string of the molecule is CCc1cccc(CC)c1NC(=O)NC(CC)CC. The Morgan fingerprint density at radius 1 is 1.05 bits per heavy atom. The first-order valence-corrected chi connectivity index (χ1v) is 7.34. The molecule has 0 atom stereocenters. The van der Waals surface area contributed by atoms with E-state index in [0.29, 0.717) is 0 Å². The molecule has 0 aromatic heterocycles. The van der Waals surface area contributed by atoms with Crippen LogP contribution in [-0.4, -0.2) is 12.1 Å². The number of benzene rings is 1. The summed E-state index contributed by atoms with van der Waals surface area (Å²) in [6.07, 6.45) is 3.77. The fourth-order valence-electron chi connectivity index (χ4n) is 2.23. The van der Waals surface area contributed by atoms with Crippen molar-refractivity contribution in [2.24, 2.45) is 0 Å². The molecule has 0 spiro atoms. The van der Waals surface area contributed by atoms with E-state index in [1.807, 2.05) is 0 Å². The third-order valence-electron chi connectivity index (χ3n) is 3.56. The van der Waals surface area contributed by atoms with Crippen LogP contribution in [-0.2, 0) is 12.8 Å². The van der Waals surface area contributed by atoms with E-state index in [0.717, 1.165) is 31.4 Å². The minimum atomic E-state index is -0.0932. The number of hydrogen-bond donors (Lipinski definition) is 2. The van der Waals surface area contributed by atoms with Crippen LogP contribution in [0.4, 0.5) is 10.5 Å². The van der Waals surface area contributed by atoms with E-state index in [2.05, 4.69) is 56.5 Å². The number of anilines is 1. The average Bonchev–Trinajstić information content (AvgIpc) is 2.44. The molecular weight excluding hydrogens is 236 g/mol. The van der Waals surface area contributed by atoms with E-state index in [4.69, 9.17) is 0 Å². The summed E-state index contributed by atoms with van der Waals surface area (Å²) in [7, 11) is 0. The van der Waals surface area contributed by atoms with Gasteiger partial charge in [0.25, 0.3) is 0 Å². The molecular formula is C16H26N2O. The van der Waals surface area contributed by atoms with Crippen molar-refractivity contribution in [2.45, 2.75) is 59.4 Å². The lowest BCUT2D eigenvalue weighted by Crippen LogP contribution is -2.37. The van der Waals surface area contributed by atoms with Gasteiger partial charge in [-0.15, -0.1) is 0 Å². The lowest BCUT2D eigenvalue weighted by Gasteiger charge is -2.18. The molecule has 0 aliphatic rings. The lowest BCUT2D eigenvalue weighted by molar-refractivity contribution is 0.247. The molecule has 0 saturated carbocycles. The normalized spacial score (nSPS) is 10.6. The van der Waals surface area contributed by atoms with Crippen LogP contribution in [0.3, 0.4) is 0 Å². The molecule has 0 saturated heterocycles. The van der Waals surface area contributed by atoms with Gasteiger partial charge >= 0.3 is 6.03 Å². The standard InChI is InChI=1S/C16H26N2O/c1-5-12-10-9-11-13(6-2)15(12)18-16(19)17-14(7-3)8-4/h9-11,14H,5-8H2,1-4H3,(H2,17,18,19). The summed E-state index contributed by atoms with van der Waals surface area (Å²) in [5.74, 6) is 0. The molecule has 0 radical (unpaired) electrons. The minimum Gasteiger partial charge on any atom is -0.335 e. The van der Waals surface area contributed by atoms with Gasteiger partial charge in [0.2, 0.25) is 0 Å². The highest BCUT2D eigenvalue weighted by atomic mass is 16.2. The number of hydrogen-bond acceptors (Lipinski definition) is 1. The van der Waals surface area contributed by atoms with E-state index < -0.39 is 0 Å². The first-order chi connectivity index (χ1) is 9.15. The molecule has 0 unspecified atom stereocenters. The number of nitrogens with one attached hydrogen (secondary N) is 2. The Kier molecular flexibility index (Phi) is 6.40. The van der Waals surface area contributed by atoms with E-state index in [9.17, 15) is 4.79 Å². The second-order valence-corrected chi connectivity index (χ2v) is 4.77. The first kappa shape index (κ1) is 15.5. The highest BCUT2D eigenvalue weighted by Gasteiger charge is 2.12. The monoisotopic (exact) mass is 262 g/mol. The number of aryl methyl sites for hydroxylation is 2. The van der Waals surface area contributed by atoms with Crippen molar-refractivity contribution in [2.75, 3.05) is 5.32 Å². The Hall–Kier alpha value is -1.51. The second kappa shape index (κ2) is 7.82. The van der Waals surface area contributed by atoms with Gasteiger partial charge in [0, 0.05) is 11.7 Å². The first-order valence-electron chi connectivity index (χ1n) is 7.34. The largest absolute Gasteiger partial charge is 0.335 e. The zero-order valence-electron chi connectivity index (χ0n) is 12.5. The number of rotatable bonds is 6. The molecule has 0 heterocycles. The number of carbonyl (C=O) groups excluding carboxylic acids is 1. The highest BCUT2D eigenvalue weighted by Crippen LogP contribution is 2.22. The van der Waals surface area contributed by atoms with Gasteiger partial charge in [-0.2, -0.15) is 0 Å². The van der Waals surface area contributed by atoms with Crippen molar-refractivity contribution >= 4 is 11.7 Å². The van der Waals surface area contributed by atoms with Gasteiger partial charge in [-0.1, -0.05) is 45.9 Å². The maximum absolute atomic E-state index is 12.1. The van der Waals surface area contributed by atoms with Crippen LogP contribution >= 0.6 is 0 Å². The van der Waals surface area contributed by atoms with Crippen molar-refractivity contribution < 1.29 is 4.79 Å². The maximum atomic E-state index is 12.1. The second-order valence-electron chi connectivity index (χ2n) is 4.77. The van der Waals surface area contributed by atoms with Gasteiger partial charge in [-0.05, 0) is 36.8 Å². The van der Waals surface area contributed by atoms with Crippen LogP contribution < -0.4 is 10.6 Å². The van der Waals surface area contributed by atoms with Gasteiger partial charge in [-0.25, -0.2) is 4.79 Å². The molecule has 2 N–H and O–H groups in total. The smallest absolute Gasteiger partial charge is 0.319 e. The quantitative estimate of drug-likeness (QED) is 0.795. The maximum Gasteiger partial charge on any atom is 0.319 e. The molecule has 1 aromatic rings. The van der Waals surface area contributed by atoms with Crippen molar-refractivity contribution in [3.05, 3.63) is 29.3 Å². The van der Waals surface area contributed by atoms with Crippen LogP contribution in [0.2, 0.25) is 0 Å². The van der Waals surface area contributed by atoms with Gasteiger partial charge in [0.15, 0.2) is 0 Å². The Morgan fingerprint density at radius 2 is 1.58 bits per heavy atom. The Labute approximate surface area is 116 Å². The molecule has 1 aromatic carbocycles. The van der Waals surface area contributed by atoms with Crippen molar-refractivity contribution in [3.8, 4) is 0 Å². The molecule has 3 nitrogen and oxygen atoms in total. The van der Waals surface area contributed by atoms with Gasteiger partial charge < -0.3 is 10.6 Å². The van der Waals surface area contributed by atoms with Crippen molar-refractivity contribution in [1.82, 2.24) is 5.32 Å². The third kappa shape index (κ3) is 4.27. The fourth-order valence-corrected chi connectivity index (χ4v) is 2.23. The Morgan fingerprint density at radius 3 is 2.00 bits per heavy atom. The third-order valence-corrected chi connectivity index (χ3v) is 3.56. The minimum absolute atomic E-state index is 0.0932. The molecule has 0 fully saturated rings. The molecule has 0 bridgehead atoms. The van der Waals surface area contributed by atoms with E-state index >= 15 is 0 Å². The van der Waals surface area contributed by atoms with E-state index in [1.54, 1.807) is 0 Å². The number of para-hydroxylation sites is 1. The fraction of sp³-hybridized carbons (Fsp3) is 0.562. The number of urea groups is 1. The highest BCUT2D eigenvalue weighted by molar-refractivity contribution is 5.91. The topological polar surface area (TPSA) is 41.1 Å². The van der Waals surface area contributed by atoms with Crippen LogP contribution in [0.15, 0.2) is 18.2 Å². The molecule has 19 heavy (non-hydrogen) atoms. The lowest BCUT2D eigenvalue weighted by atomic mass is 10.0. The van der Waals surface area contributed by atoms with Gasteiger partial charge in [0.1, 0.15) is 0 Å². The van der Waals surface area contributed by atoms with Gasteiger partial charge in [-0.3, -0.25) is 0 Å². The van der Waals surface area contributed by atoms with E-state index in [-0.39, 0.29) is 12.1 Å². The van der Waals surface area contributed by atoms with Gasteiger partial charge in [0.05, 0.1) is 0 Å². The van der Waals surface area contributed by atoms with Crippen molar-refractivity contribution in [3.63, 3.8) is 0 Å². The molecule has 106 valence electrons.